The molecule has 0 saturated heterocycles. The molecule has 34 heavy (non-hydrogen) atoms. The molecule has 0 atom stereocenters. The van der Waals surface area contributed by atoms with E-state index in [0.717, 1.165) is 0 Å². The van der Waals surface area contributed by atoms with Crippen molar-refractivity contribution in [2.24, 2.45) is 0 Å². The lowest BCUT2D eigenvalue weighted by Gasteiger charge is -2.13. The van der Waals surface area contributed by atoms with Gasteiger partial charge in [-0.25, -0.2) is 9.59 Å². The second-order valence-corrected chi connectivity index (χ2v) is 7.18. The number of fused-ring (bicyclic) bond motifs is 1. The Labute approximate surface area is 195 Å². The molecule has 4 rings (SSSR count). The zero-order valence-corrected chi connectivity index (χ0v) is 19.0. The summed E-state index contributed by atoms with van der Waals surface area (Å²) in [7, 11) is 5.97. The molecule has 0 N–H and O–H groups in total. The van der Waals surface area contributed by atoms with Gasteiger partial charge in [0.05, 0.1) is 39.4 Å². The third-order valence-corrected chi connectivity index (χ3v) is 5.22. The van der Waals surface area contributed by atoms with E-state index < -0.39 is 11.6 Å². The molecule has 0 aliphatic rings. The van der Waals surface area contributed by atoms with Crippen LogP contribution in [0.2, 0.25) is 0 Å². The van der Waals surface area contributed by atoms with Gasteiger partial charge >= 0.3 is 11.6 Å². The minimum atomic E-state index is -0.601. The molecule has 8 nitrogen and oxygen atoms in total. The highest BCUT2D eigenvalue weighted by Gasteiger charge is 2.18. The number of carbonyl (C=O) groups excluding carboxylic acids is 1. The van der Waals surface area contributed by atoms with E-state index in [2.05, 4.69) is 0 Å². The van der Waals surface area contributed by atoms with Gasteiger partial charge in [0.1, 0.15) is 17.3 Å². The van der Waals surface area contributed by atoms with Crippen LogP contribution in [0.4, 0.5) is 0 Å². The van der Waals surface area contributed by atoms with Crippen LogP contribution in [0.3, 0.4) is 0 Å². The molecule has 0 fully saturated rings. The molecule has 174 valence electrons. The van der Waals surface area contributed by atoms with Crippen molar-refractivity contribution < 1.29 is 32.9 Å². The highest BCUT2D eigenvalue weighted by molar-refractivity contribution is 5.93. The first-order valence-corrected chi connectivity index (χ1v) is 10.2. The third-order valence-electron chi connectivity index (χ3n) is 5.22. The predicted octanol–water partition coefficient (Wildman–Crippen LogP) is 4.71. The van der Waals surface area contributed by atoms with Crippen LogP contribution in [0.1, 0.15) is 10.4 Å². The Morgan fingerprint density at radius 1 is 0.735 bits per heavy atom. The topological polar surface area (TPSA) is 93.4 Å². The van der Waals surface area contributed by atoms with Crippen LogP contribution >= 0.6 is 0 Å². The summed E-state index contributed by atoms with van der Waals surface area (Å²) in [6.45, 7) is 0. The van der Waals surface area contributed by atoms with Crippen molar-refractivity contribution in [3.63, 3.8) is 0 Å². The Balaban J connectivity index is 1.59. The standard InChI is InChI=1S/C26H22O8/c1-29-19-9-10-20-16(11-19)12-21(34-26(20)28)15-5-7-18(8-6-15)33-25(27)17-13-22(30-2)24(32-4)23(14-17)31-3/h5-14H,1-4H3. The fourth-order valence-corrected chi connectivity index (χ4v) is 3.49. The zero-order valence-electron chi connectivity index (χ0n) is 19.0. The second-order valence-electron chi connectivity index (χ2n) is 7.18. The third kappa shape index (κ3) is 4.38. The molecule has 0 radical (unpaired) electrons. The Morgan fingerprint density at radius 2 is 1.38 bits per heavy atom. The van der Waals surface area contributed by atoms with Gasteiger partial charge in [-0.2, -0.15) is 0 Å². The summed E-state index contributed by atoms with van der Waals surface area (Å²) in [5.41, 5.74) is 0.426. The van der Waals surface area contributed by atoms with Crippen molar-refractivity contribution in [1.29, 1.82) is 0 Å². The lowest BCUT2D eigenvalue weighted by atomic mass is 10.1. The van der Waals surface area contributed by atoms with Gasteiger partial charge < -0.3 is 28.1 Å². The quantitative estimate of drug-likeness (QED) is 0.288. The molecule has 0 aliphatic heterocycles. The summed E-state index contributed by atoms with van der Waals surface area (Å²) in [6.07, 6.45) is 0. The molecule has 0 amide bonds. The van der Waals surface area contributed by atoms with Crippen LogP contribution in [-0.4, -0.2) is 34.4 Å². The first-order valence-electron chi connectivity index (χ1n) is 10.2. The second kappa shape index (κ2) is 9.58. The van der Waals surface area contributed by atoms with Gasteiger partial charge in [0, 0.05) is 5.56 Å². The Bertz CT molecular complexity index is 1380. The van der Waals surface area contributed by atoms with Gasteiger partial charge in [-0.1, -0.05) is 0 Å². The van der Waals surface area contributed by atoms with Gasteiger partial charge in [-0.15, -0.1) is 0 Å². The van der Waals surface area contributed by atoms with Gasteiger partial charge in [-0.05, 0) is 66.0 Å². The van der Waals surface area contributed by atoms with Gasteiger partial charge in [0.15, 0.2) is 11.5 Å². The van der Waals surface area contributed by atoms with Crippen LogP contribution in [0.25, 0.3) is 22.1 Å². The monoisotopic (exact) mass is 462 g/mol. The number of benzene rings is 3. The summed E-state index contributed by atoms with van der Waals surface area (Å²) in [5.74, 6) is 1.79. The van der Waals surface area contributed by atoms with Crippen LogP contribution in [0.15, 0.2) is 69.9 Å². The highest BCUT2D eigenvalue weighted by Crippen LogP contribution is 2.38. The summed E-state index contributed by atoms with van der Waals surface area (Å²) in [4.78, 5) is 25.1. The number of carbonyl (C=O) groups is 1. The van der Waals surface area contributed by atoms with E-state index in [1.165, 1.54) is 33.5 Å². The number of rotatable bonds is 7. The van der Waals surface area contributed by atoms with E-state index in [1.807, 2.05) is 0 Å². The molecule has 0 unspecified atom stereocenters. The van der Waals surface area contributed by atoms with Gasteiger partial charge in [0.2, 0.25) is 5.75 Å². The molecule has 1 heterocycles. The van der Waals surface area contributed by atoms with Crippen LogP contribution in [0, 0.1) is 0 Å². The number of methoxy groups -OCH3 is 4. The molecule has 0 aliphatic carbocycles. The Morgan fingerprint density at radius 3 is 1.97 bits per heavy atom. The van der Waals surface area contributed by atoms with Crippen molar-refractivity contribution in [2.75, 3.05) is 28.4 Å². The average molecular weight is 462 g/mol. The smallest absolute Gasteiger partial charge is 0.344 e. The van der Waals surface area contributed by atoms with E-state index in [1.54, 1.807) is 55.6 Å². The summed E-state index contributed by atoms with van der Waals surface area (Å²) >= 11 is 0. The van der Waals surface area contributed by atoms with E-state index in [9.17, 15) is 9.59 Å². The fraction of sp³-hybridized carbons (Fsp3) is 0.154. The largest absolute Gasteiger partial charge is 0.497 e. The van der Waals surface area contributed by atoms with Crippen molar-refractivity contribution in [3.8, 4) is 40.1 Å². The number of hydrogen-bond acceptors (Lipinski definition) is 8. The Kier molecular flexibility index (Phi) is 6.40. The minimum absolute atomic E-state index is 0.230. The normalized spacial score (nSPS) is 10.6. The first kappa shape index (κ1) is 22.7. The fourth-order valence-electron chi connectivity index (χ4n) is 3.49. The molecule has 4 aromatic rings. The summed E-state index contributed by atoms with van der Waals surface area (Å²) in [6, 6.07) is 16.5. The summed E-state index contributed by atoms with van der Waals surface area (Å²) < 4.78 is 32.0. The maximum absolute atomic E-state index is 12.7. The number of esters is 1. The lowest BCUT2D eigenvalue weighted by Crippen LogP contribution is -2.09. The summed E-state index contributed by atoms with van der Waals surface area (Å²) in [5, 5.41) is 1.16. The molecular formula is C26H22O8. The van der Waals surface area contributed by atoms with Crippen LogP contribution < -0.4 is 29.3 Å². The SMILES string of the molecule is COc1ccc2c(=O)oc(-c3ccc(OC(=O)c4cc(OC)c(OC)c(OC)c4)cc3)cc2c1. The van der Waals surface area contributed by atoms with Crippen molar-refractivity contribution >= 4 is 16.7 Å². The number of hydrogen-bond donors (Lipinski definition) is 0. The maximum Gasteiger partial charge on any atom is 0.344 e. The van der Waals surface area contributed by atoms with Crippen LogP contribution in [0.5, 0.6) is 28.7 Å². The maximum atomic E-state index is 12.7. The first-order chi connectivity index (χ1) is 16.5. The van der Waals surface area contributed by atoms with E-state index >= 15 is 0 Å². The molecule has 8 heteroatoms. The minimum Gasteiger partial charge on any atom is -0.497 e. The highest BCUT2D eigenvalue weighted by atomic mass is 16.5. The molecule has 0 bridgehead atoms. The van der Waals surface area contributed by atoms with Crippen molar-refractivity contribution in [2.45, 2.75) is 0 Å². The average Bonchev–Trinajstić information content (AvgIpc) is 2.87. The molecule has 0 spiro atoms. The molecule has 3 aromatic carbocycles. The molecular weight excluding hydrogens is 440 g/mol. The Hall–Kier alpha value is -4.46. The molecule has 0 saturated carbocycles. The van der Waals surface area contributed by atoms with E-state index in [-0.39, 0.29) is 5.56 Å². The van der Waals surface area contributed by atoms with E-state index in [0.29, 0.717) is 50.8 Å². The van der Waals surface area contributed by atoms with Crippen LogP contribution in [-0.2, 0) is 0 Å². The number of ether oxygens (including phenoxy) is 5. The van der Waals surface area contributed by atoms with E-state index in [4.69, 9.17) is 28.1 Å². The van der Waals surface area contributed by atoms with Gasteiger partial charge in [0.25, 0.3) is 0 Å². The zero-order chi connectivity index (χ0) is 24.2. The van der Waals surface area contributed by atoms with Crippen molar-refractivity contribution in [3.05, 3.63) is 76.6 Å². The lowest BCUT2D eigenvalue weighted by molar-refractivity contribution is 0.0734. The van der Waals surface area contributed by atoms with Crippen molar-refractivity contribution in [1.82, 2.24) is 0 Å². The molecule has 1 aromatic heterocycles. The van der Waals surface area contributed by atoms with Gasteiger partial charge in [-0.3, -0.25) is 0 Å². The predicted molar refractivity (Wildman–Crippen MR) is 126 cm³/mol.